The fraction of sp³-hybridized carbons (Fsp3) is 0.113. The zero-order valence-corrected chi connectivity index (χ0v) is 67.2. The number of rotatable bonds is 4. The Balaban J connectivity index is 0.000000103. The Labute approximate surface area is 695 Å². The molecule has 0 saturated carbocycles. The van der Waals surface area contributed by atoms with Crippen LogP contribution in [0.4, 0.5) is 0 Å². The topological polar surface area (TPSA) is 63.2 Å². The molecule has 19 aromatic rings. The van der Waals surface area contributed by atoms with Crippen LogP contribution < -0.4 is 13.7 Å². The van der Waals surface area contributed by atoms with Crippen LogP contribution in [0.3, 0.4) is 0 Å². The minimum atomic E-state index is -0.390. The molecule has 5 aliphatic rings. The molecule has 3 aliphatic heterocycles. The third-order valence-corrected chi connectivity index (χ3v) is 23.0. The summed E-state index contributed by atoms with van der Waals surface area (Å²) >= 11 is 0. The van der Waals surface area contributed by atoms with Crippen LogP contribution in [0.1, 0.15) is 94.3 Å². The van der Waals surface area contributed by atoms with Crippen LogP contribution in [0, 0.1) is 32.9 Å². The van der Waals surface area contributed by atoms with Gasteiger partial charge in [0.05, 0.1) is 33.2 Å². The molecule has 0 fully saturated rings. The van der Waals surface area contributed by atoms with Crippen LogP contribution in [-0.2, 0) is 56.4 Å². The third kappa shape index (κ3) is 12.9. The van der Waals surface area contributed by atoms with Gasteiger partial charge < -0.3 is 5.11 Å². The van der Waals surface area contributed by atoms with Crippen LogP contribution in [0.5, 0.6) is 0 Å². The van der Waals surface area contributed by atoms with Crippen molar-refractivity contribution in [3.63, 3.8) is 0 Å². The van der Waals surface area contributed by atoms with Gasteiger partial charge in [0, 0.05) is 70.0 Å². The van der Waals surface area contributed by atoms with Gasteiger partial charge in [-0.15, -0.1) is 22.9 Å². The molecule has 24 rings (SSSR count). The maximum atomic E-state index is 10.0. The first-order valence-corrected chi connectivity index (χ1v) is 38.8. The number of hydrogen-bond acceptors (Lipinski definition) is 2. The summed E-state index contributed by atoms with van der Waals surface area (Å²) in [6.07, 6.45) is 7.96. The van der Waals surface area contributed by atoms with Crippen molar-refractivity contribution in [3.05, 3.63) is 407 Å². The molecule has 4 aromatic heterocycles. The Bertz CT molecular complexity index is 7560. The number of aryl methyl sites for hydroxylation is 3. The first-order chi connectivity index (χ1) is 59.1. The van der Waals surface area contributed by atoms with Crippen molar-refractivity contribution in [2.75, 3.05) is 0 Å². The fourth-order valence-corrected chi connectivity index (χ4v) is 18.0. The maximum absolute atomic E-state index is 10.0. The number of allylic oxidation sites excluding steroid dienone is 2. The number of aliphatic hydroxyl groups excluding tert-OH is 1. The number of pyridine rings is 1. The molecule has 1 N–H and O–H groups in total. The van der Waals surface area contributed by atoms with Gasteiger partial charge >= 0.3 is 0 Å². The normalized spacial score (nSPS) is 13.8. The van der Waals surface area contributed by atoms with Crippen molar-refractivity contribution < 1.29 is 54.7 Å². The summed E-state index contributed by atoms with van der Waals surface area (Å²) in [7, 11) is 0. The summed E-state index contributed by atoms with van der Waals surface area (Å²) in [5.74, 6) is 2.48. The average Bonchev–Trinajstić information content (AvgIpc) is 1.61. The maximum Gasteiger partial charge on any atom is 0.295 e. The van der Waals surface area contributed by atoms with Gasteiger partial charge in [0.1, 0.15) is 55.1 Å². The Kier molecular flexibility index (Phi) is 16.8. The molecule has 115 heavy (non-hydrogen) atoms. The van der Waals surface area contributed by atoms with Gasteiger partial charge in [0.15, 0.2) is 22.5 Å². The smallest absolute Gasteiger partial charge is 0.295 e. The second-order valence-corrected chi connectivity index (χ2v) is 30.6. The number of carbonyl (C=O) groups excluding carboxylic acids is 1. The molecule has 8 nitrogen and oxygen atoms in total. The Morgan fingerprint density at radius 1 is 0.496 bits per heavy atom. The molecule has 0 spiro atoms. The van der Waals surface area contributed by atoms with Gasteiger partial charge in [-0.05, 0) is 139 Å². The van der Waals surface area contributed by atoms with Crippen molar-refractivity contribution in [3.8, 4) is 67.7 Å². The van der Waals surface area contributed by atoms with Crippen LogP contribution >= 0.6 is 0 Å². The van der Waals surface area contributed by atoms with Crippen LogP contribution in [0.15, 0.2) is 340 Å². The van der Waals surface area contributed by atoms with Crippen molar-refractivity contribution in [1.82, 2.24) is 13.5 Å². The molecule has 0 bridgehead atoms. The number of aliphatic hydroxyl groups is 1. The molecular weight excluding hydrogens is 1580 g/mol. The molecule has 2 aliphatic carbocycles. The summed E-state index contributed by atoms with van der Waals surface area (Å²) in [6.45, 7) is 16.9. The van der Waals surface area contributed by atoms with Crippen molar-refractivity contribution in [2.24, 2.45) is 0 Å². The third-order valence-electron chi connectivity index (χ3n) is 23.0. The molecule has 0 saturated heterocycles. The largest absolute Gasteiger partial charge is 0.512 e. The van der Waals surface area contributed by atoms with E-state index in [2.05, 4.69) is 341 Å². The number of hydrogen-bond donors (Lipinski definition) is 1. The molecule has 0 unspecified atom stereocenters. The molecule has 0 amide bonds. The van der Waals surface area contributed by atoms with E-state index in [-0.39, 0.29) is 103 Å². The number of ketones is 1. The zero-order chi connectivity index (χ0) is 84.4. The predicted molar refractivity (Wildman–Crippen MR) is 466 cm³/mol. The van der Waals surface area contributed by atoms with Crippen molar-refractivity contribution in [2.45, 2.75) is 79.9 Å². The fourth-order valence-electron chi connectivity index (χ4n) is 18.0. The average molecular weight is 1680 g/mol. The number of nitrogens with zero attached hydrogens (tertiary/aromatic N) is 6. The summed E-state index contributed by atoms with van der Waals surface area (Å²) in [5, 5.41) is 20.2. The molecule has 559 valence electrons. The molecule has 0 atom stereocenters. The van der Waals surface area contributed by atoms with E-state index in [0.29, 0.717) is 11.1 Å². The molecule has 9 heteroatoms. The Morgan fingerprint density at radius 3 is 1.79 bits per heavy atom. The van der Waals surface area contributed by atoms with E-state index in [1.54, 1.807) is 0 Å². The quantitative estimate of drug-likeness (QED) is 0.0627. The number of carbonyl (C=O) groups is 1. The van der Waals surface area contributed by atoms with E-state index >= 15 is 0 Å². The van der Waals surface area contributed by atoms with Crippen LogP contribution in [-0.4, -0.2) is 24.4 Å². The van der Waals surface area contributed by atoms with Gasteiger partial charge in [-0.2, -0.15) is 49.4 Å². The van der Waals surface area contributed by atoms with Gasteiger partial charge in [0.25, 0.3) is 17.3 Å². The summed E-state index contributed by atoms with van der Waals surface area (Å²) in [6, 6.07) is 98.2. The summed E-state index contributed by atoms with van der Waals surface area (Å²) < 4.78 is 77.1. The first-order valence-electron chi connectivity index (χ1n) is 42.8. The zero-order valence-electron chi connectivity index (χ0n) is 72.8. The monoisotopic (exact) mass is 1670 g/mol. The number of imidazole rings is 3. The molecule has 7 heterocycles. The van der Waals surface area contributed by atoms with E-state index in [4.69, 9.17) is 16.1 Å². The van der Waals surface area contributed by atoms with Crippen molar-refractivity contribution >= 4 is 76.5 Å². The van der Waals surface area contributed by atoms with E-state index in [9.17, 15) is 4.79 Å². The number of benzene rings is 15. The first kappa shape index (κ1) is 64.4. The predicted octanol–water partition coefficient (Wildman–Crippen LogP) is 23.6. The van der Waals surface area contributed by atoms with E-state index in [0.717, 1.165) is 19.6 Å². The Morgan fingerprint density at radius 2 is 1.07 bits per heavy atom. The van der Waals surface area contributed by atoms with E-state index in [1.165, 1.54) is 192 Å². The SMILES string of the molecule is CC(=O)C=C(C)O.CC1(C)c2ccc[c-]c2-c2[c-]ccc3cccc1c23.Cc1ccc2c(c1)c1cccc3c1c1n2c(-c2c(C)cccc2C)c[n+]1C3.[2H]c1c([2H])c([2H])c2c(c1[2H])Cc1c([2H])c([2H])c([2H])c([2H])c1-2.[Ir].c1ccc2c(c1)C[n+]1c-2n(-c2cccc3ccccc23)c2ccccc21.c1ccc2c(c1)C[n+]1ccn(-c3cccc4ccccc34)c1-2. The second-order valence-electron chi connectivity index (χ2n) is 30.6. The van der Waals surface area contributed by atoms with Crippen molar-refractivity contribution in [1.29, 1.82) is 0 Å². The minimum absolute atomic E-state index is 0. The van der Waals surface area contributed by atoms with Gasteiger partial charge in [-0.1, -0.05) is 255 Å². The number of fused-ring (bicyclic) bond motifs is 18. The number of para-hydroxylation sites is 2. The van der Waals surface area contributed by atoms with Crippen LogP contribution in [0.2, 0.25) is 0 Å². The van der Waals surface area contributed by atoms with Gasteiger partial charge in [-0.3, -0.25) is 4.79 Å². The van der Waals surface area contributed by atoms with Crippen LogP contribution in [0.25, 0.3) is 138 Å². The van der Waals surface area contributed by atoms with Gasteiger partial charge in [-0.25, -0.2) is 24.8 Å². The molecular formula is C106H85IrN6O2+. The minimum Gasteiger partial charge on any atom is -0.512 e. The number of aromatic nitrogens is 6. The Hall–Kier alpha value is -13.2. The second kappa shape index (κ2) is 30.1. The van der Waals surface area contributed by atoms with E-state index < -0.39 is 0 Å². The van der Waals surface area contributed by atoms with E-state index in [1.807, 2.05) is 12.1 Å². The summed E-state index contributed by atoms with van der Waals surface area (Å²) in [4.78, 5) is 10.0. The summed E-state index contributed by atoms with van der Waals surface area (Å²) in [5.41, 5.74) is 27.4. The molecule has 1 radical (unpaired) electrons. The molecule has 15 aromatic carbocycles. The van der Waals surface area contributed by atoms with Gasteiger partial charge in [0.2, 0.25) is 0 Å². The standard InChI is InChI=1S/C25H21N2.C24H17N2.C20H15N2.C19H14.C13H10.C5H8O2.Ir/c1-15-10-11-21-20(12-15)19-9-5-8-18-13-26-14-22(27(21)25(26)24(18)19)23-16(2)6-4-7-17(23)3;1-3-11-19-17(8-1)10-7-15-21(19)26-23-14-6-5-13-22(23)25-16-18-9-2-4-12-20(18)24(25)26;1-3-9-17-15(6-1)8-5-11-19(17)22-13-12-21-14-16-7-2-4-10-18(16)20(21)22;1-19(2)16-11-4-3-9-14(16)15-10-5-7-13-8-6-12-17(19)18(13)15;1-3-7-12-10(5-1)9-11-6-2-4-8-13(11)12;1-4(6)3-5(2)7;/h4-12,14H,13H2,1-3H3;1-15H,16H2;1-13H,14H2;3-8,11-12H,1-2H3;1-8H,9H2;3,6H,1-2H3;/q3*+1;-2;;;/i;;;;1D,2D,3D,4D,5D,6D,7D,8D;;.